The van der Waals surface area contributed by atoms with Crippen molar-refractivity contribution < 1.29 is 14.3 Å². The summed E-state index contributed by atoms with van der Waals surface area (Å²) in [7, 11) is 0. The van der Waals surface area contributed by atoms with Gasteiger partial charge in [-0.05, 0) is 37.1 Å². The van der Waals surface area contributed by atoms with Crippen LogP contribution in [0.1, 0.15) is 28.5 Å². The minimum Gasteiger partial charge on any atom is -0.486 e. The molecule has 1 aliphatic rings. The summed E-state index contributed by atoms with van der Waals surface area (Å²) in [5.41, 5.74) is 4.04. The predicted octanol–water partition coefficient (Wildman–Crippen LogP) is 4.13. The van der Waals surface area contributed by atoms with Crippen molar-refractivity contribution in [2.75, 3.05) is 18.5 Å². The minimum atomic E-state index is -0.146. The third-order valence-corrected chi connectivity index (χ3v) is 4.60. The van der Waals surface area contributed by atoms with E-state index in [0.29, 0.717) is 36.0 Å². The fourth-order valence-corrected chi connectivity index (χ4v) is 3.31. The molecule has 26 heavy (non-hydrogen) atoms. The van der Waals surface area contributed by atoms with E-state index in [4.69, 9.17) is 9.47 Å². The van der Waals surface area contributed by atoms with Gasteiger partial charge >= 0.3 is 0 Å². The second-order valence-corrected chi connectivity index (χ2v) is 6.24. The number of nitrogens with one attached hydrogen (secondary N) is 1. The van der Waals surface area contributed by atoms with Crippen molar-refractivity contribution in [2.45, 2.75) is 20.3 Å². The van der Waals surface area contributed by atoms with Crippen molar-refractivity contribution in [2.24, 2.45) is 0 Å². The summed E-state index contributed by atoms with van der Waals surface area (Å²) in [4.78, 5) is 17.8. The monoisotopic (exact) mass is 348 g/mol. The minimum absolute atomic E-state index is 0.146. The number of anilines is 1. The summed E-state index contributed by atoms with van der Waals surface area (Å²) in [5.74, 6) is 1.21. The molecular formula is C21H20N2O3. The third kappa shape index (κ3) is 2.86. The summed E-state index contributed by atoms with van der Waals surface area (Å²) >= 11 is 0. The van der Waals surface area contributed by atoms with Gasteiger partial charge in [0, 0.05) is 22.8 Å². The Balaban J connectivity index is 1.73. The Hall–Kier alpha value is -3.08. The third-order valence-electron chi connectivity index (χ3n) is 4.60. The Morgan fingerprint density at radius 2 is 1.88 bits per heavy atom. The number of nitrogens with zero attached hydrogens (tertiary/aromatic N) is 1. The van der Waals surface area contributed by atoms with E-state index in [2.05, 4.69) is 10.3 Å². The molecule has 2 aromatic carbocycles. The summed E-state index contributed by atoms with van der Waals surface area (Å²) in [6.07, 6.45) is 0.779. The van der Waals surface area contributed by atoms with Crippen LogP contribution < -0.4 is 14.8 Å². The average molecular weight is 348 g/mol. The maximum atomic E-state index is 13.1. The molecular weight excluding hydrogens is 328 g/mol. The second-order valence-electron chi connectivity index (χ2n) is 6.24. The smallest absolute Gasteiger partial charge is 0.256 e. The molecule has 3 aromatic rings. The number of benzene rings is 2. The van der Waals surface area contributed by atoms with Crippen LogP contribution in [0.4, 0.5) is 5.69 Å². The van der Waals surface area contributed by atoms with Crippen LogP contribution in [0.3, 0.4) is 0 Å². The van der Waals surface area contributed by atoms with Gasteiger partial charge in [0.25, 0.3) is 5.91 Å². The molecule has 0 saturated carbocycles. The molecule has 0 unspecified atom stereocenters. The van der Waals surface area contributed by atoms with E-state index in [-0.39, 0.29) is 5.91 Å². The first-order valence-corrected chi connectivity index (χ1v) is 8.76. The largest absolute Gasteiger partial charge is 0.486 e. The van der Waals surface area contributed by atoms with E-state index in [1.165, 1.54) is 0 Å². The highest BCUT2D eigenvalue weighted by Crippen LogP contribution is 2.33. The van der Waals surface area contributed by atoms with Gasteiger partial charge < -0.3 is 14.8 Å². The van der Waals surface area contributed by atoms with Gasteiger partial charge in [-0.3, -0.25) is 9.78 Å². The van der Waals surface area contributed by atoms with E-state index in [1.54, 1.807) is 6.07 Å². The van der Waals surface area contributed by atoms with Crippen molar-refractivity contribution >= 4 is 22.5 Å². The molecule has 0 fully saturated rings. The van der Waals surface area contributed by atoms with E-state index < -0.39 is 0 Å². The molecule has 0 radical (unpaired) electrons. The Morgan fingerprint density at radius 1 is 1.12 bits per heavy atom. The van der Waals surface area contributed by atoms with E-state index >= 15 is 0 Å². The molecule has 1 amide bonds. The first-order valence-electron chi connectivity index (χ1n) is 8.76. The number of hydrogen-bond donors (Lipinski definition) is 1. The van der Waals surface area contributed by atoms with Crippen molar-refractivity contribution in [3.05, 3.63) is 59.3 Å². The highest BCUT2D eigenvalue weighted by molar-refractivity contribution is 6.13. The lowest BCUT2D eigenvalue weighted by molar-refractivity contribution is 0.102. The Bertz CT molecular complexity index is 998. The molecule has 1 aromatic heterocycles. The molecule has 132 valence electrons. The van der Waals surface area contributed by atoms with Gasteiger partial charge in [-0.1, -0.05) is 25.1 Å². The zero-order chi connectivity index (χ0) is 18.1. The second kappa shape index (κ2) is 6.67. The van der Waals surface area contributed by atoms with Gasteiger partial charge in [-0.25, -0.2) is 0 Å². The van der Waals surface area contributed by atoms with Crippen LogP contribution in [-0.2, 0) is 6.42 Å². The molecule has 5 heteroatoms. The SMILES string of the molecule is CCc1nc2ccccc2c(C(=O)Nc2ccc3c(c2)OCCO3)c1C. The Kier molecular flexibility index (Phi) is 4.21. The normalized spacial score (nSPS) is 12.8. The highest BCUT2D eigenvalue weighted by Gasteiger charge is 2.18. The number of aromatic nitrogens is 1. The molecule has 0 aliphatic carbocycles. The summed E-state index contributed by atoms with van der Waals surface area (Å²) < 4.78 is 11.1. The number of aryl methyl sites for hydroxylation is 1. The van der Waals surface area contributed by atoms with Crippen LogP contribution in [0.2, 0.25) is 0 Å². The molecule has 5 nitrogen and oxygen atoms in total. The molecule has 2 heterocycles. The van der Waals surface area contributed by atoms with E-state index in [0.717, 1.165) is 28.6 Å². The van der Waals surface area contributed by atoms with Gasteiger partial charge in [0.2, 0.25) is 0 Å². The summed E-state index contributed by atoms with van der Waals surface area (Å²) in [6, 6.07) is 13.2. The maximum Gasteiger partial charge on any atom is 0.256 e. The molecule has 1 aliphatic heterocycles. The van der Waals surface area contributed by atoms with Crippen LogP contribution in [-0.4, -0.2) is 24.1 Å². The van der Waals surface area contributed by atoms with Crippen LogP contribution >= 0.6 is 0 Å². The lowest BCUT2D eigenvalue weighted by atomic mass is 9.99. The molecule has 0 atom stereocenters. The number of rotatable bonds is 3. The zero-order valence-electron chi connectivity index (χ0n) is 14.8. The number of fused-ring (bicyclic) bond motifs is 2. The number of carbonyl (C=O) groups excluding carboxylic acids is 1. The predicted molar refractivity (Wildman–Crippen MR) is 101 cm³/mol. The standard InChI is InChI=1S/C21H20N2O3/c1-3-16-13(2)20(15-6-4-5-7-17(15)23-16)21(24)22-14-8-9-18-19(12-14)26-11-10-25-18/h4-9,12H,3,10-11H2,1-2H3,(H,22,24). The molecule has 1 N–H and O–H groups in total. The van der Waals surface area contributed by atoms with Gasteiger partial charge in [-0.15, -0.1) is 0 Å². The van der Waals surface area contributed by atoms with Gasteiger partial charge in [0.05, 0.1) is 11.1 Å². The number of pyridine rings is 1. The summed E-state index contributed by atoms with van der Waals surface area (Å²) in [5, 5.41) is 3.85. The van der Waals surface area contributed by atoms with E-state index in [9.17, 15) is 4.79 Å². The number of carbonyl (C=O) groups is 1. The van der Waals surface area contributed by atoms with Gasteiger partial charge in [0.15, 0.2) is 11.5 Å². The van der Waals surface area contributed by atoms with Crippen LogP contribution in [0, 0.1) is 6.92 Å². The molecule has 0 bridgehead atoms. The van der Waals surface area contributed by atoms with Crippen molar-refractivity contribution in [1.82, 2.24) is 4.98 Å². The Labute approximate surface area is 152 Å². The summed E-state index contributed by atoms with van der Waals surface area (Å²) in [6.45, 7) is 5.06. The molecule has 4 rings (SSSR count). The quantitative estimate of drug-likeness (QED) is 0.773. The number of amides is 1. The molecule has 0 spiro atoms. The van der Waals surface area contributed by atoms with Crippen LogP contribution in [0.25, 0.3) is 10.9 Å². The zero-order valence-corrected chi connectivity index (χ0v) is 14.8. The van der Waals surface area contributed by atoms with Crippen molar-refractivity contribution in [1.29, 1.82) is 0 Å². The van der Waals surface area contributed by atoms with Crippen LogP contribution in [0.15, 0.2) is 42.5 Å². The van der Waals surface area contributed by atoms with Gasteiger partial charge in [0.1, 0.15) is 13.2 Å². The first kappa shape index (κ1) is 16.4. The fourth-order valence-electron chi connectivity index (χ4n) is 3.31. The maximum absolute atomic E-state index is 13.1. The topological polar surface area (TPSA) is 60.5 Å². The first-order chi connectivity index (χ1) is 12.7. The van der Waals surface area contributed by atoms with Gasteiger partial charge in [-0.2, -0.15) is 0 Å². The van der Waals surface area contributed by atoms with Crippen molar-refractivity contribution in [3.8, 4) is 11.5 Å². The van der Waals surface area contributed by atoms with Crippen LogP contribution in [0.5, 0.6) is 11.5 Å². The lowest BCUT2D eigenvalue weighted by Gasteiger charge is -2.19. The molecule has 0 saturated heterocycles. The average Bonchev–Trinajstić information content (AvgIpc) is 2.67. The lowest BCUT2D eigenvalue weighted by Crippen LogP contribution is -2.17. The fraction of sp³-hybridized carbons (Fsp3) is 0.238. The van der Waals surface area contributed by atoms with E-state index in [1.807, 2.05) is 50.2 Å². The highest BCUT2D eigenvalue weighted by atomic mass is 16.6. The Morgan fingerprint density at radius 3 is 2.69 bits per heavy atom. The number of para-hydroxylation sites is 1. The number of hydrogen-bond acceptors (Lipinski definition) is 4. The van der Waals surface area contributed by atoms with Crippen molar-refractivity contribution in [3.63, 3.8) is 0 Å². The number of ether oxygens (including phenoxy) is 2.